The molecule has 0 amide bonds. The van der Waals surface area contributed by atoms with Crippen LogP contribution >= 0.6 is 0 Å². The summed E-state index contributed by atoms with van der Waals surface area (Å²) >= 11 is 0. The van der Waals surface area contributed by atoms with Crippen LogP contribution in [0.25, 0.3) is 11.0 Å². The first kappa shape index (κ1) is 44.1. The van der Waals surface area contributed by atoms with Crippen molar-refractivity contribution in [2.24, 2.45) is 11.8 Å². The van der Waals surface area contributed by atoms with Crippen LogP contribution in [0.3, 0.4) is 0 Å². The van der Waals surface area contributed by atoms with Crippen molar-refractivity contribution in [2.45, 2.75) is 122 Å². The van der Waals surface area contributed by atoms with Gasteiger partial charge in [-0.15, -0.1) is 0 Å². The summed E-state index contributed by atoms with van der Waals surface area (Å²) in [6, 6.07) is 31.2. The van der Waals surface area contributed by atoms with Crippen LogP contribution in [0.2, 0.25) is 0 Å². The summed E-state index contributed by atoms with van der Waals surface area (Å²) in [5.41, 5.74) is 6.79. The number of aryl methyl sites for hydroxylation is 2. The van der Waals surface area contributed by atoms with E-state index in [0.29, 0.717) is 52.7 Å². The predicted molar refractivity (Wildman–Crippen MR) is 243 cm³/mol. The van der Waals surface area contributed by atoms with Gasteiger partial charge in [0.15, 0.2) is 12.2 Å². The fraction of sp³-hybridized carbons (Fsp3) is 0.426. The molecule has 330 valence electrons. The minimum Gasteiger partial charge on any atom is -0.483 e. The van der Waals surface area contributed by atoms with Crippen molar-refractivity contribution in [3.05, 3.63) is 157 Å². The highest BCUT2D eigenvalue weighted by molar-refractivity contribution is 5.90. The molecule has 3 aliphatic heterocycles. The van der Waals surface area contributed by atoms with E-state index in [1.807, 2.05) is 26.8 Å². The van der Waals surface area contributed by atoms with Crippen molar-refractivity contribution >= 4 is 22.9 Å². The minimum atomic E-state index is -1.18. The second-order valence-electron chi connectivity index (χ2n) is 18.2. The molecule has 0 radical (unpaired) electrons. The monoisotopic (exact) mass is 852 g/mol. The number of benzene rings is 4. The molecule has 1 saturated carbocycles. The largest absolute Gasteiger partial charge is 0.483 e. The fourth-order valence-corrected chi connectivity index (χ4v) is 10.2. The van der Waals surface area contributed by atoms with Crippen LogP contribution in [0.5, 0.6) is 5.75 Å². The normalized spacial score (nSPS) is 22.0. The van der Waals surface area contributed by atoms with Crippen molar-refractivity contribution < 1.29 is 38.1 Å². The third kappa shape index (κ3) is 9.70. The molecular weight excluding hydrogens is 793 g/mol. The number of carbonyl (C=O) groups excluding carboxylic acids is 2. The Hall–Kier alpha value is -5.51. The minimum absolute atomic E-state index is 0.0131. The van der Waals surface area contributed by atoms with Crippen LogP contribution in [-0.4, -0.2) is 42.5 Å². The molecule has 4 aliphatic rings. The van der Waals surface area contributed by atoms with E-state index in [1.165, 1.54) is 16.7 Å². The zero-order valence-electron chi connectivity index (χ0n) is 37.1. The first-order valence-electron chi connectivity index (χ1n) is 22.7. The molecule has 4 aromatic carbocycles. The second-order valence-corrected chi connectivity index (χ2v) is 18.2. The summed E-state index contributed by atoms with van der Waals surface area (Å²) in [4.78, 5) is 43.2. The van der Waals surface area contributed by atoms with Crippen LogP contribution < -0.4 is 10.4 Å². The smallest absolute Gasteiger partial charge is 0.339 e. The van der Waals surface area contributed by atoms with Crippen LogP contribution in [-0.2, 0) is 62.5 Å². The van der Waals surface area contributed by atoms with Crippen molar-refractivity contribution in [1.82, 2.24) is 0 Å². The zero-order chi connectivity index (χ0) is 44.1. The third-order valence-corrected chi connectivity index (χ3v) is 13.7. The number of ether oxygens (including phenoxy) is 4. The van der Waals surface area contributed by atoms with Crippen molar-refractivity contribution in [1.29, 1.82) is 0 Å². The Balaban J connectivity index is 1.21. The first-order valence-corrected chi connectivity index (χ1v) is 22.7. The SMILES string of the molecule is COCCc1c(CO)c2ccc3c(c2oc1=O)[C@@H]1OC(=O)C[C@H](CCc2cccc(Cc4ccccc4)c2)Cc2ccc(cc2)CCC(=C(C)C)C(=O)O[C@@H]1[C@](C)(C1CCCC1)O3. The number of aliphatic hydroxyl groups is 1. The molecule has 1 aromatic heterocycles. The predicted octanol–water partition coefficient (Wildman–Crippen LogP) is 10.1. The Kier molecular flexibility index (Phi) is 13.6. The van der Waals surface area contributed by atoms with Crippen LogP contribution in [0, 0.1) is 11.8 Å². The molecule has 9 heteroatoms. The lowest BCUT2D eigenvalue weighted by Gasteiger charge is -2.48. The Labute approximate surface area is 370 Å². The van der Waals surface area contributed by atoms with Gasteiger partial charge in [-0.2, -0.15) is 0 Å². The van der Waals surface area contributed by atoms with Gasteiger partial charge in [-0.25, -0.2) is 9.59 Å². The molecule has 4 heterocycles. The molecular formula is C54H60O9. The number of carbonyl (C=O) groups is 2. The molecule has 0 saturated heterocycles. The highest BCUT2D eigenvalue weighted by Crippen LogP contribution is 2.52. The highest BCUT2D eigenvalue weighted by atomic mass is 16.6. The van der Waals surface area contributed by atoms with Crippen LogP contribution in [0.15, 0.2) is 111 Å². The lowest BCUT2D eigenvalue weighted by atomic mass is 9.76. The molecule has 4 atom stereocenters. The molecule has 9 nitrogen and oxygen atoms in total. The Morgan fingerprint density at radius 3 is 2.25 bits per heavy atom. The van der Waals surface area contributed by atoms with E-state index in [2.05, 4.69) is 72.8 Å². The number of methoxy groups -OCH3 is 1. The molecule has 9 rings (SSSR count). The average molecular weight is 853 g/mol. The van der Waals surface area contributed by atoms with Gasteiger partial charge in [0.1, 0.15) is 16.9 Å². The standard InChI is InChI=1S/C54H60O9/c1-34(2)42-24-23-35-17-19-38(20-18-35)31-40(22-21-37-13-10-14-39(30-37)29-36-11-6-5-7-12-36)32-47(56)60-50-48-46(63-54(3,41-15-8-9-16-41)51(50)62-52(42)57)26-25-43-45(33-55)44(27-28-59-4)53(58)61-49(43)48/h5-7,10-14,17-20,25-26,30,40-41,50-51,55H,8-9,15-16,21-24,27-29,31-33H2,1-4H3/t40-,50+,51+,54+/m1/s1. The quantitative estimate of drug-likeness (QED) is 0.0832. The molecule has 63 heavy (non-hydrogen) atoms. The number of hydrogen-bond donors (Lipinski definition) is 1. The number of allylic oxidation sites excluding steroid dienone is 1. The summed E-state index contributed by atoms with van der Waals surface area (Å²) in [5, 5.41) is 11.2. The van der Waals surface area contributed by atoms with E-state index >= 15 is 0 Å². The van der Waals surface area contributed by atoms with Crippen molar-refractivity contribution in [3.63, 3.8) is 0 Å². The Bertz CT molecular complexity index is 2510. The molecule has 5 aromatic rings. The lowest BCUT2D eigenvalue weighted by molar-refractivity contribution is -0.199. The van der Waals surface area contributed by atoms with E-state index in [9.17, 15) is 19.5 Å². The van der Waals surface area contributed by atoms with E-state index in [1.54, 1.807) is 19.2 Å². The van der Waals surface area contributed by atoms with Gasteiger partial charge < -0.3 is 28.5 Å². The lowest BCUT2D eigenvalue weighted by Crippen LogP contribution is -2.58. The van der Waals surface area contributed by atoms with Gasteiger partial charge in [-0.05, 0) is 124 Å². The van der Waals surface area contributed by atoms with E-state index in [-0.39, 0.29) is 36.9 Å². The van der Waals surface area contributed by atoms with Crippen LogP contribution in [0.1, 0.15) is 116 Å². The molecule has 1 fully saturated rings. The van der Waals surface area contributed by atoms with E-state index < -0.39 is 42.0 Å². The van der Waals surface area contributed by atoms with Gasteiger partial charge in [0, 0.05) is 42.4 Å². The zero-order valence-corrected chi connectivity index (χ0v) is 37.1. The number of fused-ring (bicyclic) bond motifs is 13. The fourth-order valence-electron chi connectivity index (χ4n) is 10.2. The average Bonchev–Trinajstić information content (AvgIpc) is 3.83. The van der Waals surface area contributed by atoms with E-state index in [0.717, 1.165) is 61.6 Å². The summed E-state index contributed by atoms with van der Waals surface area (Å²) in [6.07, 6.45) is 5.89. The van der Waals surface area contributed by atoms with Gasteiger partial charge in [0.25, 0.3) is 0 Å². The van der Waals surface area contributed by atoms with Gasteiger partial charge in [-0.3, -0.25) is 4.79 Å². The van der Waals surface area contributed by atoms with Crippen LogP contribution in [0.4, 0.5) is 0 Å². The topological polar surface area (TPSA) is 122 Å². The first-order chi connectivity index (χ1) is 30.5. The number of aliphatic hydroxyl groups excluding tert-OH is 1. The Morgan fingerprint density at radius 1 is 0.794 bits per heavy atom. The van der Waals surface area contributed by atoms with Gasteiger partial charge in [0.2, 0.25) is 0 Å². The maximum absolute atomic E-state index is 14.8. The molecule has 1 aliphatic carbocycles. The Morgan fingerprint density at radius 2 is 1.52 bits per heavy atom. The summed E-state index contributed by atoms with van der Waals surface area (Å²) in [7, 11) is 1.55. The van der Waals surface area contributed by atoms with Crippen molar-refractivity contribution in [2.75, 3.05) is 13.7 Å². The number of esters is 2. The summed E-state index contributed by atoms with van der Waals surface area (Å²) in [5.74, 6) is -0.645. The molecule has 0 unspecified atom stereocenters. The number of rotatable bonds is 10. The third-order valence-electron chi connectivity index (χ3n) is 13.7. The van der Waals surface area contributed by atoms with Crippen molar-refractivity contribution in [3.8, 4) is 5.75 Å². The molecule has 2 bridgehead atoms. The van der Waals surface area contributed by atoms with Gasteiger partial charge in [-0.1, -0.05) is 97.3 Å². The van der Waals surface area contributed by atoms with E-state index in [4.69, 9.17) is 23.4 Å². The maximum Gasteiger partial charge on any atom is 0.339 e. The number of hydrogen-bond acceptors (Lipinski definition) is 9. The molecule has 1 N–H and O–H groups in total. The molecule has 0 spiro atoms. The van der Waals surface area contributed by atoms with Gasteiger partial charge in [0.05, 0.1) is 18.8 Å². The highest BCUT2D eigenvalue weighted by Gasteiger charge is 2.57. The second kappa shape index (κ2) is 19.5. The summed E-state index contributed by atoms with van der Waals surface area (Å²) in [6.45, 7) is 5.63. The maximum atomic E-state index is 14.8. The van der Waals surface area contributed by atoms with Gasteiger partial charge >= 0.3 is 17.6 Å². The summed E-state index contributed by atoms with van der Waals surface area (Å²) < 4.78 is 31.9.